The van der Waals surface area contributed by atoms with Crippen LogP contribution < -0.4 is 14.8 Å². The lowest BCUT2D eigenvalue weighted by atomic mass is 9.87. The summed E-state index contributed by atoms with van der Waals surface area (Å²) in [6.45, 7) is 7.37. The van der Waals surface area contributed by atoms with Crippen molar-refractivity contribution in [1.82, 2.24) is 10.2 Å². The zero-order valence-corrected chi connectivity index (χ0v) is 24.4. The van der Waals surface area contributed by atoms with Crippen LogP contribution in [-0.4, -0.2) is 53.6 Å². The largest absolute Gasteiger partial charge is 0.493 e. The number of unbranched alkanes of at least 4 members (excludes halogenated alkanes) is 1. The molecule has 7 nitrogen and oxygen atoms in total. The van der Waals surface area contributed by atoms with Gasteiger partial charge in [0, 0.05) is 12.1 Å². The van der Waals surface area contributed by atoms with Gasteiger partial charge in [-0.05, 0) is 74.9 Å². The number of nitrogens with one attached hydrogen (secondary N) is 1. The molecular formula is C30H36F6N2O5. The zero-order chi connectivity index (χ0) is 32.2. The first-order valence-electron chi connectivity index (χ1n) is 14.0. The molecule has 0 aromatic heterocycles. The third kappa shape index (κ3) is 6.86. The number of hydrogen-bond acceptors (Lipinski definition) is 5. The fourth-order valence-electron chi connectivity index (χ4n) is 5.01. The van der Waals surface area contributed by atoms with Crippen LogP contribution in [0.15, 0.2) is 42.5 Å². The summed E-state index contributed by atoms with van der Waals surface area (Å²) in [6, 6.07) is 8.59. The molecule has 1 unspecified atom stereocenters. The van der Waals surface area contributed by atoms with Crippen molar-refractivity contribution in [2.45, 2.75) is 89.4 Å². The minimum Gasteiger partial charge on any atom is -0.493 e. The lowest BCUT2D eigenvalue weighted by molar-refractivity contribution is -0.376. The molecule has 1 heterocycles. The van der Waals surface area contributed by atoms with E-state index >= 15 is 0 Å². The van der Waals surface area contributed by atoms with E-state index in [1.807, 2.05) is 13.8 Å². The van der Waals surface area contributed by atoms with E-state index in [9.17, 15) is 41.0 Å². The number of halogens is 6. The number of alkyl halides is 6. The van der Waals surface area contributed by atoms with Gasteiger partial charge in [0.1, 0.15) is 17.0 Å². The molecule has 1 atom stereocenters. The molecule has 3 amide bonds. The molecule has 238 valence electrons. The Balaban J connectivity index is 1.65. The Labute approximate surface area is 246 Å². The second-order valence-corrected chi connectivity index (χ2v) is 10.7. The molecule has 2 N–H and O–H groups in total. The van der Waals surface area contributed by atoms with Crippen molar-refractivity contribution in [2.24, 2.45) is 0 Å². The van der Waals surface area contributed by atoms with Crippen molar-refractivity contribution >= 4 is 11.9 Å². The highest BCUT2D eigenvalue weighted by Gasteiger charge is 2.71. The maximum absolute atomic E-state index is 13.4. The summed E-state index contributed by atoms with van der Waals surface area (Å²) >= 11 is 0. The average molecular weight is 619 g/mol. The number of ether oxygens (including phenoxy) is 2. The number of aryl methyl sites for hydroxylation is 1. The van der Waals surface area contributed by atoms with Crippen molar-refractivity contribution in [2.75, 3.05) is 13.2 Å². The predicted octanol–water partition coefficient (Wildman–Crippen LogP) is 6.75. The number of urea groups is 1. The number of benzene rings is 2. The van der Waals surface area contributed by atoms with Crippen LogP contribution >= 0.6 is 0 Å². The molecule has 0 radical (unpaired) electrons. The predicted molar refractivity (Wildman–Crippen MR) is 146 cm³/mol. The quantitative estimate of drug-likeness (QED) is 0.147. The van der Waals surface area contributed by atoms with E-state index in [0.717, 1.165) is 11.0 Å². The number of amides is 3. The molecule has 0 saturated carbocycles. The molecule has 3 rings (SSSR count). The first-order valence-corrected chi connectivity index (χ1v) is 14.0. The van der Waals surface area contributed by atoms with Crippen molar-refractivity contribution in [3.8, 4) is 11.5 Å². The topological polar surface area (TPSA) is 88.1 Å². The number of nitrogens with zero attached hydrogens (tertiary/aromatic N) is 1. The van der Waals surface area contributed by atoms with Gasteiger partial charge in [-0.2, -0.15) is 26.3 Å². The van der Waals surface area contributed by atoms with Gasteiger partial charge in [0.15, 0.2) is 0 Å². The van der Waals surface area contributed by atoms with Gasteiger partial charge in [-0.3, -0.25) is 9.69 Å². The van der Waals surface area contributed by atoms with E-state index in [4.69, 9.17) is 9.47 Å². The van der Waals surface area contributed by atoms with E-state index in [0.29, 0.717) is 49.1 Å². The van der Waals surface area contributed by atoms with E-state index in [-0.39, 0.29) is 37.0 Å². The number of aliphatic hydroxyl groups is 1. The Bertz CT molecular complexity index is 1270. The third-order valence-electron chi connectivity index (χ3n) is 7.28. The standard InChI is InChI=1S/C30H36F6N2O5/c1-5-9-20-18-22(28(41,29(31,32)33)30(34,35)36)12-15-24(20)42-17-8-7-16-38-25(39)27(6-2,37-26(38)40)21-10-13-23(14-11-21)43-19(3)4/h10-15,18-19,41H,5-9,16-17H2,1-4H3,(H,37,40). The van der Waals surface area contributed by atoms with Gasteiger partial charge in [0.2, 0.25) is 0 Å². The smallest absolute Gasteiger partial charge is 0.430 e. The third-order valence-corrected chi connectivity index (χ3v) is 7.28. The van der Waals surface area contributed by atoms with E-state index in [1.54, 1.807) is 38.1 Å². The minimum atomic E-state index is -5.99. The Morgan fingerprint density at radius 1 is 0.953 bits per heavy atom. The molecule has 1 aliphatic heterocycles. The van der Waals surface area contributed by atoms with Gasteiger partial charge in [0.25, 0.3) is 11.5 Å². The van der Waals surface area contributed by atoms with E-state index in [1.165, 1.54) is 0 Å². The maximum atomic E-state index is 13.4. The number of hydrogen-bond donors (Lipinski definition) is 2. The summed E-state index contributed by atoms with van der Waals surface area (Å²) in [4.78, 5) is 27.3. The summed E-state index contributed by atoms with van der Waals surface area (Å²) in [7, 11) is 0. The molecule has 13 heteroatoms. The van der Waals surface area contributed by atoms with Gasteiger partial charge in [-0.15, -0.1) is 0 Å². The SMILES string of the molecule is CCCc1cc(C(O)(C(F)(F)F)C(F)(F)F)ccc1OCCCCN1C(=O)NC(CC)(c2ccc(OC(C)C)cc2)C1=O. The van der Waals surface area contributed by atoms with Crippen LogP contribution in [0.1, 0.15) is 70.1 Å². The van der Waals surface area contributed by atoms with Crippen molar-refractivity contribution in [3.63, 3.8) is 0 Å². The minimum absolute atomic E-state index is 0.0265. The number of carbonyl (C=O) groups excluding carboxylic acids is 2. The first-order chi connectivity index (χ1) is 20.0. The van der Waals surface area contributed by atoms with Crippen molar-refractivity contribution < 1.29 is 50.5 Å². The maximum Gasteiger partial charge on any atom is 0.430 e. The molecule has 1 aliphatic rings. The lowest BCUT2D eigenvalue weighted by Crippen LogP contribution is -2.53. The highest BCUT2D eigenvalue weighted by Crippen LogP contribution is 2.50. The Morgan fingerprint density at radius 3 is 2.12 bits per heavy atom. The molecule has 2 aromatic carbocycles. The summed E-state index contributed by atoms with van der Waals surface area (Å²) < 4.78 is 91.3. The molecular weight excluding hydrogens is 582 g/mol. The average Bonchev–Trinajstić information content (AvgIpc) is 3.17. The van der Waals surface area contributed by atoms with Gasteiger partial charge >= 0.3 is 18.4 Å². The van der Waals surface area contributed by atoms with Crippen LogP contribution in [0, 0.1) is 0 Å². The van der Waals surface area contributed by atoms with Gasteiger partial charge in [-0.25, -0.2) is 4.79 Å². The van der Waals surface area contributed by atoms with Crippen LogP contribution in [0.25, 0.3) is 0 Å². The number of rotatable bonds is 13. The second kappa shape index (κ2) is 13.0. The van der Waals surface area contributed by atoms with Gasteiger partial charge in [-0.1, -0.05) is 38.5 Å². The molecule has 0 spiro atoms. The van der Waals surface area contributed by atoms with Crippen molar-refractivity contribution in [3.05, 3.63) is 59.2 Å². The van der Waals surface area contributed by atoms with Crippen LogP contribution in [-0.2, 0) is 22.4 Å². The number of imide groups is 1. The molecule has 1 saturated heterocycles. The Morgan fingerprint density at radius 2 is 1.58 bits per heavy atom. The molecule has 0 bridgehead atoms. The van der Waals surface area contributed by atoms with Crippen LogP contribution in [0.2, 0.25) is 0 Å². The van der Waals surface area contributed by atoms with Gasteiger partial charge < -0.3 is 19.9 Å². The lowest BCUT2D eigenvalue weighted by Gasteiger charge is -2.33. The summed E-state index contributed by atoms with van der Waals surface area (Å²) in [5, 5.41) is 12.5. The van der Waals surface area contributed by atoms with E-state index in [2.05, 4.69) is 5.32 Å². The Hall–Kier alpha value is -3.48. The summed E-state index contributed by atoms with van der Waals surface area (Å²) in [5.41, 5.74) is -6.90. The molecule has 2 aromatic rings. The zero-order valence-electron chi connectivity index (χ0n) is 24.4. The second-order valence-electron chi connectivity index (χ2n) is 10.7. The van der Waals surface area contributed by atoms with Crippen molar-refractivity contribution in [1.29, 1.82) is 0 Å². The van der Waals surface area contributed by atoms with Crippen LogP contribution in [0.5, 0.6) is 11.5 Å². The molecule has 1 fully saturated rings. The number of carbonyl (C=O) groups is 2. The monoisotopic (exact) mass is 618 g/mol. The van der Waals surface area contributed by atoms with Gasteiger partial charge in [0.05, 0.1) is 12.7 Å². The summed E-state index contributed by atoms with van der Waals surface area (Å²) in [6.07, 6.45) is -10.5. The first kappa shape index (κ1) is 34.0. The normalized spacial score (nSPS) is 17.9. The van der Waals surface area contributed by atoms with Crippen LogP contribution in [0.3, 0.4) is 0 Å². The van der Waals surface area contributed by atoms with E-state index < -0.39 is 41.0 Å². The fraction of sp³-hybridized carbons (Fsp3) is 0.533. The Kier molecular flexibility index (Phi) is 10.3. The highest BCUT2D eigenvalue weighted by atomic mass is 19.4. The highest BCUT2D eigenvalue weighted by molar-refractivity contribution is 6.07. The summed E-state index contributed by atoms with van der Waals surface area (Å²) in [5.74, 6) is 0.315. The van der Waals surface area contributed by atoms with Crippen LogP contribution in [0.4, 0.5) is 31.1 Å². The molecule has 43 heavy (non-hydrogen) atoms. The molecule has 0 aliphatic carbocycles. The fourth-order valence-corrected chi connectivity index (χ4v) is 5.01.